The maximum absolute atomic E-state index is 12.4. The lowest BCUT2D eigenvalue weighted by molar-refractivity contribution is -0.147. The molecule has 2 atom stereocenters. The van der Waals surface area contributed by atoms with E-state index >= 15 is 0 Å². The fraction of sp³-hybridized carbons (Fsp3) is 0.824. The molecule has 130 valence electrons. The Balaban J connectivity index is 2.13. The Labute approximate surface area is 137 Å². The van der Waals surface area contributed by atoms with Crippen LogP contribution in [0.25, 0.3) is 0 Å². The summed E-state index contributed by atoms with van der Waals surface area (Å²) < 4.78 is 10.4. The smallest absolute Gasteiger partial charge is 0.411 e. The fourth-order valence-corrected chi connectivity index (χ4v) is 3.65. The van der Waals surface area contributed by atoms with Crippen molar-refractivity contribution < 1.29 is 23.9 Å². The van der Waals surface area contributed by atoms with Gasteiger partial charge in [-0.3, -0.25) is 9.69 Å². The molecule has 1 aliphatic carbocycles. The summed E-state index contributed by atoms with van der Waals surface area (Å²) in [5, 5.41) is 0. The lowest BCUT2D eigenvalue weighted by Gasteiger charge is -2.33. The quantitative estimate of drug-likeness (QED) is 0.730. The number of ether oxygens (including phenoxy) is 2. The third-order valence-corrected chi connectivity index (χ3v) is 4.71. The molecule has 2 aliphatic rings. The molecule has 1 aliphatic heterocycles. The van der Waals surface area contributed by atoms with Crippen LogP contribution in [0.4, 0.5) is 4.79 Å². The van der Waals surface area contributed by atoms with Crippen LogP contribution < -0.4 is 0 Å². The first kappa shape index (κ1) is 17.8. The topological polar surface area (TPSA) is 72.9 Å². The van der Waals surface area contributed by atoms with Crippen molar-refractivity contribution in [3.63, 3.8) is 0 Å². The van der Waals surface area contributed by atoms with Crippen molar-refractivity contribution in [3.05, 3.63) is 0 Å². The van der Waals surface area contributed by atoms with Crippen molar-refractivity contribution in [2.75, 3.05) is 13.7 Å². The molecule has 2 rings (SSSR count). The second-order valence-corrected chi connectivity index (χ2v) is 7.47. The molecule has 6 nitrogen and oxygen atoms in total. The van der Waals surface area contributed by atoms with Crippen molar-refractivity contribution in [1.82, 2.24) is 4.90 Å². The zero-order chi connectivity index (χ0) is 17.2. The summed E-state index contributed by atoms with van der Waals surface area (Å²) in [5.41, 5.74) is -0.604. The number of Topliss-reactive ketones (excluding diaryl/α,β-unsaturated/α-hetero) is 1. The van der Waals surface area contributed by atoms with Gasteiger partial charge in [-0.1, -0.05) is 0 Å². The SMILES string of the molecule is COC(=O)[C@@H]1[C@H](C2CCC(=O)CC2)CCN1C(=O)OC(C)(C)C. The molecule has 0 unspecified atom stereocenters. The Morgan fingerprint density at radius 3 is 2.26 bits per heavy atom. The van der Waals surface area contributed by atoms with Crippen LogP contribution in [0.5, 0.6) is 0 Å². The normalized spacial score (nSPS) is 26.3. The number of esters is 1. The Bertz CT molecular complexity index is 472. The minimum absolute atomic E-state index is 0.0445. The number of amides is 1. The van der Waals surface area contributed by atoms with Gasteiger partial charge < -0.3 is 9.47 Å². The van der Waals surface area contributed by atoms with Crippen LogP contribution in [0.3, 0.4) is 0 Å². The van der Waals surface area contributed by atoms with Crippen LogP contribution in [0.1, 0.15) is 52.9 Å². The fourth-order valence-electron chi connectivity index (χ4n) is 3.65. The Morgan fingerprint density at radius 1 is 1.13 bits per heavy atom. The number of carbonyl (C=O) groups excluding carboxylic acids is 3. The predicted molar refractivity (Wildman–Crippen MR) is 83.8 cm³/mol. The van der Waals surface area contributed by atoms with Crippen molar-refractivity contribution in [2.24, 2.45) is 11.8 Å². The van der Waals surface area contributed by atoms with E-state index in [0.29, 0.717) is 19.4 Å². The summed E-state index contributed by atoms with van der Waals surface area (Å²) in [7, 11) is 1.34. The number of hydrogen-bond donors (Lipinski definition) is 0. The number of hydrogen-bond acceptors (Lipinski definition) is 5. The van der Waals surface area contributed by atoms with E-state index in [1.165, 1.54) is 12.0 Å². The van der Waals surface area contributed by atoms with Gasteiger partial charge in [0.05, 0.1) is 7.11 Å². The van der Waals surface area contributed by atoms with E-state index in [4.69, 9.17) is 9.47 Å². The van der Waals surface area contributed by atoms with Crippen LogP contribution in [0, 0.1) is 11.8 Å². The van der Waals surface area contributed by atoms with Crippen molar-refractivity contribution in [3.8, 4) is 0 Å². The molecule has 23 heavy (non-hydrogen) atoms. The third kappa shape index (κ3) is 4.24. The first-order valence-corrected chi connectivity index (χ1v) is 8.32. The van der Waals surface area contributed by atoms with Crippen molar-refractivity contribution in [2.45, 2.75) is 64.5 Å². The van der Waals surface area contributed by atoms with Crippen LogP contribution in [-0.2, 0) is 19.1 Å². The van der Waals surface area contributed by atoms with Gasteiger partial charge in [-0.25, -0.2) is 9.59 Å². The lowest BCUT2D eigenvalue weighted by Crippen LogP contribution is -2.47. The average Bonchev–Trinajstić information content (AvgIpc) is 2.90. The molecule has 1 saturated carbocycles. The van der Waals surface area contributed by atoms with Gasteiger partial charge in [-0.2, -0.15) is 0 Å². The summed E-state index contributed by atoms with van der Waals surface area (Å²) in [6.07, 6.45) is 3.00. The first-order chi connectivity index (χ1) is 10.7. The van der Waals surface area contributed by atoms with Crippen LogP contribution in [0.15, 0.2) is 0 Å². The molecule has 0 aromatic heterocycles. The van der Waals surface area contributed by atoms with Gasteiger partial charge in [0, 0.05) is 19.4 Å². The van der Waals surface area contributed by atoms with Crippen LogP contribution in [0.2, 0.25) is 0 Å². The average molecular weight is 325 g/mol. The van der Waals surface area contributed by atoms with Crippen molar-refractivity contribution in [1.29, 1.82) is 0 Å². The largest absolute Gasteiger partial charge is 0.467 e. The zero-order valence-electron chi connectivity index (χ0n) is 14.5. The Hall–Kier alpha value is -1.59. The van der Waals surface area contributed by atoms with E-state index in [2.05, 4.69) is 0 Å². The minimum atomic E-state index is -0.604. The summed E-state index contributed by atoms with van der Waals surface area (Å²) in [5.74, 6) is 0.223. The van der Waals surface area contributed by atoms with Gasteiger partial charge in [0.15, 0.2) is 0 Å². The van der Waals surface area contributed by atoms with E-state index in [1.54, 1.807) is 20.8 Å². The minimum Gasteiger partial charge on any atom is -0.467 e. The first-order valence-electron chi connectivity index (χ1n) is 8.32. The Morgan fingerprint density at radius 2 is 1.74 bits per heavy atom. The molecule has 0 aromatic carbocycles. The van der Waals surface area contributed by atoms with Crippen LogP contribution >= 0.6 is 0 Å². The second-order valence-electron chi connectivity index (χ2n) is 7.47. The molecule has 0 bridgehead atoms. The highest BCUT2D eigenvalue weighted by Gasteiger charge is 2.47. The van der Waals surface area contributed by atoms with Crippen LogP contribution in [-0.4, -0.2) is 48.0 Å². The molecular formula is C17H27NO5. The van der Waals surface area contributed by atoms with Gasteiger partial charge in [0.25, 0.3) is 0 Å². The van der Waals surface area contributed by atoms with E-state index in [0.717, 1.165) is 19.3 Å². The second kappa shape index (κ2) is 6.89. The number of rotatable bonds is 2. The molecule has 6 heteroatoms. The van der Waals surface area contributed by atoms with E-state index in [1.807, 2.05) is 0 Å². The lowest BCUT2D eigenvalue weighted by atomic mass is 9.76. The predicted octanol–water partition coefficient (Wildman–Crippen LogP) is 2.54. The third-order valence-electron chi connectivity index (χ3n) is 4.71. The number of ketones is 1. The summed E-state index contributed by atoms with van der Waals surface area (Å²) >= 11 is 0. The monoisotopic (exact) mass is 325 g/mol. The molecule has 0 aromatic rings. The van der Waals surface area contributed by atoms with E-state index < -0.39 is 23.7 Å². The van der Waals surface area contributed by atoms with Crippen molar-refractivity contribution >= 4 is 17.8 Å². The van der Waals surface area contributed by atoms with E-state index in [9.17, 15) is 14.4 Å². The number of methoxy groups -OCH3 is 1. The number of carbonyl (C=O) groups is 3. The Kier molecular flexibility index (Phi) is 5.32. The van der Waals surface area contributed by atoms with Gasteiger partial charge in [0.1, 0.15) is 17.4 Å². The molecule has 1 amide bonds. The van der Waals surface area contributed by atoms with Gasteiger partial charge in [0.2, 0.25) is 0 Å². The highest BCUT2D eigenvalue weighted by atomic mass is 16.6. The summed E-state index contributed by atoms with van der Waals surface area (Å²) in [6, 6.07) is -0.604. The highest BCUT2D eigenvalue weighted by molar-refractivity contribution is 5.83. The number of likely N-dealkylation sites (tertiary alicyclic amines) is 1. The summed E-state index contributed by atoms with van der Waals surface area (Å²) in [4.78, 5) is 37.6. The number of nitrogens with zero attached hydrogens (tertiary/aromatic N) is 1. The van der Waals surface area contributed by atoms with Gasteiger partial charge in [-0.15, -0.1) is 0 Å². The maximum Gasteiger partial charge on any atom is 0.411 e. The van der Waals surface area contributed by atoms with Gasteiger partial charge in [-0.05, 0) is 51.9 Å². The zero-order valence-corrected chi connectivity index (χ0v) is 14.5. The van der Waals surface area contributed by atoms with Gasteiger partial charge >= 0.3 is 12.1 Å². The maximum atomic E-state index is 12.4. The molecule has 0 N–H and O–H groups in total. The highest BCUT2D eigenvalue weighted by Crippen LogP contribution is 2.39. The molecular weight excluding hydrogens is 298 g/mol. The molecule has 1 heterocycles. The molecule has 2 fully saturated rings. The standard InChI is InChI=1S/C17H27NO5/c1-17(2,3)23-16(21)18-10-9-13(14(18)15(20)22-4)11-5-7-12(19)8-6-11/h11,13-14H,5-10H2,1-4H3/t13-,14-/m0/s1. The van der Waals surface area contributed by atoms with E-state index in [-0.39, 0.29) is 17.6 Å². The summed E-state index contributed by atoms with van der Waals surface area (Å²) in [6.45, 7) is 5.90. The molecule has 0 spiro atoms. The molecule has 1 saturated heterocycles. The molecule has 0 radical (unpaired) electrons.